The largest absolute Gasteiger partial charge is 0.329 e. The van der Waals surface area contributed by atoms with Crippen molar-refractivity contribution < 1.29 is 9.59 Å². The number of carbonyl (C=O) groups is 2. The number of ketones is 1. The van der Waals surface area contributed by atoms with Crippen molar-refractivity contribution in [2.24, 2.45) is 0 Å². The minimum atomic E-state index is -0.153. The lowest BCUT2D eigenvalue weighted by Crippen LogP contribution is -2.38. The number of carbonyl (C=O) groups excluding carboxylic acids is 2. The summed E-state index contributed by atoms with van der Waals surface area (Å²) < 4.78 is 0. The van der Waals surface area contributed by atoms with Crippen molar-refractivity contribution in [1.29, 1.82) is 0 Å². The van der Waals surface area contributed by atoms with E-state index in [1.54, 1.807) is 0 Å². The summed E-state index contributed by atoms with van der Waals surface area (Å²) in [6.07, 6.45) is 1.39. The van der Waals surface area contributed by atoms with Crippen molar-refractivity contribution in [2.75, 3.05) is 0 Å². The molecule has 1 amide bonds. The van der Waals surface area contributed by atoms with Crippen LogP contribution in [0.2, 0.25) is 5.02 Å². The van der Waals surface area contributed by atoms with Crippen LogP contribution in [0.5, 0.6) is 0 Å². The Hall–Kier alpha value is -2.39. The Bertz CT molecular complexity index is 931. The second kappa shape index (κ2) is 6.73. The molecule has 2 atom stereocenters. The van der Waals surface area contributed by atoms with Crippen molar-refractivity contribution in [1.82, 2.24) is 5.32 Å². The fourth-order valence-electron chi connectivity index (χ4n) is 4.23. The maximum absolute atomic E-state index is 13.1. The van der Waals surface area contributed by atoms with E-state index >= 15 is 0 Å². The van der Waals surface area contributed by atoms with Crippen LogP contribution in [0.3, 0.4) is 0 Å². The predicted octanol–water partition coefficient (Wildman–Crippen LogP) is 4.65. The molecule has 0 radical (unpaired) electrons. The fourth-order valence-corrected chi connectivity index (χ4v) is 4.52. The van der Waals surface area contributed by atoms with Gasteiger partial charge in [-0.2, -0.15) is 0 Å². The first-order chi connectivity index (χ1) is 12.5. The molecule has 0 aromatic heterocycles. The Balaban J connectivity index is 1.76. The lowest BCUT2D eigenvalue weighted by atomic mass is 9.73. The predicted molar refractivity (Wildman–Crippen MR) is 102 cm³/mol. The molecule has 0 spiro atoms. The Morgan fingerprint density at radius 1 is 0.923 bits per heavy atom. The topological polar surface area (TPSA) is 46.2 Å². The molecule has 1 N–H and O–H groups in total. The summed E-state index contributed by atoms with van der Waals surface area (Å²) in [5.41, 5.74) is 4.71. The average Bonchev–Trinajstić information content (AvgIpc) is 2.61. The quantitative estimate of drug-likeness (QED) is 0.841. The zero-order valence-corrected chi connectivity index (χ0v) is 15.3. The summed E-state index contributed by atoms with van der Waals surface area (Å²) in [6.45, 7) is 2.03. The summed E-state index contributed by atoms with van der Waals surface area (Å²) in [5.74, 6) is -0.0560. The molecule has 1 heterocycles. The number of benzene rings is 2. The summed E-state index contributed by atoms with van der Waals surface area (Å²) in [6, 6.07) is 15.6. The lowest BCUT2D eigenvalue weighted by Gasteiger charge is -2.35. The summed E-state index contributed by atoms with van der Waals surface area (Å²) in [4.78, 5) is 25.4. The van der Waals surface area contributed by atoms with Crippen LogP contribution in [0.25, 0.3) is 0 Å². The summed E-state index contributed by atoms with van der Waals surface area (Å²) in [5, 5.41) is 3.64. The van der Waals surface area contributed by atoms with Gasteiger partial charge in [-0.3, -0.25) is 9.59 Å². The molecular weight excluding hydrogens is 346 g/mol. The van der Waals surface area contributed by atoms with Gasteiger partial charge in [0.1, 0.15) is 0 Å². The zero-order valence-electron chi connectivity index (χ0n) is 14.6. The van der Waals surface area contributed by atoms with Crippen LogP contribution in [-0.4, -0.2) is 11.7 Å². The van der Waals surface area contributed by atoms with Gasteiger partial charge in [-0.15, -0.1) is 0 Å². The molecule has 2 aromatic rings. The van der Waals surface area contributed by atoms with E-state index in [-0.39, 0.29) is 23.5 Å². The van der Waals surface area contributed by atoms with E-state index in [4.69, 9.17) is 11.6 Å². The Labute approximate surface area is 158 Å². The van der Waals surface area contributed by atoms with Crippen molar-refractivity contribution in [3.63, 3.8) is 0 Å². The second-order valence-corrected chi connectivity index (χ2v) is 7.51. The van der Waals surface area contributed by atoms with Crippen molar-refractivity contribution in [3.05, 3.63) is 81.5 Å². The molecule has 0 unspecified atom stereocenters. The van der Waals surface area contributed by atoms with Gasteiger partial charge in [0, 0.05) is 35.1 Å². The highest BCUT2D eigenvalue weighted by molar-refractivity contribution is 6.31. The smallest absolute Gasteiger partial charge is 0.225 e. The highest BCUT2D eigenvalue weighted by atomic mass is 35.5. The Morgan fingerprint density at radius 3 is 2.35 bits per heavy atom. The molecule has 4 rings (SSSR count). The molecule has 0 fully saturated rings. The number of amides is 1. The molecule has 1 aliphatic carbocycles. The molecule has 0 saturated carbocycles. The number of aryl methyl sites for hydroxylation is 1. The normalized spacial score (nSPS) is 22.8. The highest BCUT2D eigenvalue weighted by Gasteiger charge is 2.38. The van der Waals surface area contributed by atoms with Gasteiger partial charge in [-0.1, -0.05) is 54.1 Å². The van der Waals surface area contributed by atoms with E-state index in [0.29, 0.717) is 24.3 Å². The third kappa shape index (κ3) is 2.97. The SMILES string of the molecule is Cc1ccccc1[C@@H]1CC(=O)NC2=C1C(=O)C[C@H](c1ccccc1Cl)C2. The van der Waals surface area contributed by atoms with Crippen molar-refractivity contribution in [2.45, 2.75) is 38.0 Å². The van der Waals surface area contributed by atoms with Crippen LogP contribution in [0.4, 0.5) is 0 Å². The summed E-state index contributed by atoms with van der Waals surface area (Å²) in [7, 11) is 0. The molecule has 3 nitrogen and oxygen atoms in total. The van der Waals surface area contributed by atoms with Gasteiger partial charge in [0.05, 0.1) is 0 Å². The van der Waals surface area contributed by atoms with Gasteiger partial charge in [0.25, 0.3) is 0 Å². The monoisotopic (exact) mass is 365 g/mol. The van der Waals surface area contributed by atoms with E-state index < -0.39 is 0 Å². The first kappa shape index (κ1) is 17.0. The molecule has 2 aliphatic rings. The van der Waals surface area contributed by atoms with Gasteiger partial charge in [-0.05, 0) is 42.0 Å². The number of rotatable bonds is 2. The van der Waals surface area contributed by atoms with E-state index in [0.717, 1.165) is 28.0 Å². The second-order valence-electron chi connectivity index (χ2n) is 7.10. The Morgan fingerprint density at radius 2 is 1.62 bits per heavy atom. The number of hydrogen-bond acceptors (Lipinski definition) is 2. The van der Waals surface area contributed by atoms with Crippen molar-refractivity contribution >= 4 is 23.3 Å². The number of Topliss-reactive ketones (excluding diaryl/α,β-unsaturated/α-hetero) is 1. The molecular formula is C22H20ClNO2. The molecule has 1 aliphatic heterocycles. The maximum Gasteiger partial charge on any atom is 0.225 e. The fraction of sp³-hybridized carbons (Fsp3) is 0.273. The minimum Gasteiger partial charge on any atom is -0.329 e. The third-order valence-corrected chi connectivity index (χ3v) is 5.79. The van der Waals surface area contributed by atoms with Gasteiger partial charge < -0.3 is 5.32 Å². The molecule has 0 bridgehead atoms. The minimum absolute atomic E-state index is 0.00544. The van der Waals surface area contributed by atoms with Crippen LogP contribution >= 0.6 is 11.6 Å². The number of halogens is 1. The Kier molecular flexibility index (Phi) is 4.41. The zero-order chi connectivity index (χ0) is 18.3. The molecule has 26 heavy (non-hydrogen) atoms. The van der Waals surface area contributed by atoms with Crippen LogP contribution in [0.15, 0.2) is 59.8 Å². The standard InChI is InChI=1S/C22H20ClNO2/c1-13-6-2-3-7-15(13)17-12-21(26)24-19-10-14(11-20(25)22(17)19)16-8-4-5-9-18(16)23/h2-9,14,17H,10-12H2,1H3,(H,24,26)/t14-,17+/m1/s1. The van der Waals surface area contributed by atoms with E-state index in [1.807, 2.05) is 55.5 Å². The first-order valence-corrected chi connectivity index (χ1v) is 9.28. The van der Waals surface area contributed by atoms with E-state index in [1.165, 1.54) is 0 Å². The van der Waals surface area contributed by atoms with Crippen LogP contribution in [0, 0.1) is 6.92 Å². The number of nitrogens with one attached hydrogen (secondary N) is 1. The van der Waals surface area contributed by atoms with Crippen LogP contribution in [-0.2, 0) is 9.59 Å². The highest BCUT2D eigenvalue weighted by Crippen LogP contribution is 2.44. The van der Waals surface area contributed by atoms with Gasteiger partial charge in [0.2, 0.25) is 5.91 Å². The van der Waals surface area contributed by atoms with Gasteiger partial charge in [0.15, 0.2) is 5.78 Å². The van der Waals surface area contributed by atoms with Crippen LogP contribution in [0.1, 0.15) is 47.8 Å². The molecule has 132 valence electrons. The lowest BCUT2D eigenvalue weighted by molar-refractivity contribution is -0.122. The van der Waals surface area contributed by atoms with Crippen molar-refractivity contribution in [3.8, 4) is 0 Å². The summed E-state index contributed by atoms with van der Waals surface area (Å²) >= 11 is 6.34. The molecule has 2 aromatic carbocycles. The van der Waals surface area contributed by atoms with E-state index in [2.05, 4.69) is 5.32 Å². The molecule has 4 heteroatoms. The molecule has 0 saturated heterocycles. The average molecular weight is 366 g/mol. The first-order valence-electron chi connectivity index (χ1n) is 8.90. The van der Waals surface area contributed by atoms with Gasteiger partial charge >= 0.3 is 0 Å². The van der Waals surface area contributed by atoms with Gasteiger partial charge in [-0.25, -0.2) is 0 Å². The maximum atomic E-state index is 13.1. The van der Waals surface area contributed by atoms with E-state index in [9.17, 15) is 9.59 Å². The van der Waals surface area contributed by atoms with Crippen LogP contribution < -0.4 is 5.32 Å². The third-order valence-electron chi connectivity index (χ3n) is 5.45. The number of allylic oxidation sites excluding steroid dienone is 2. The number of hydrogen-bond donors (Lipinski definition) is 1.